The van der Waals surface area contributed by atoms with Crippen LogP contribution in [0.4, 0.5) is 0 Å². The zero-order chi connectivity index (χ0) is 12.8. The van der Waals surface area contributed by atoms with Gasteiger partial charge in [-0.05, 0) is 22.9 Å². The van der Waals surface area contributed by atoms with Crippen LogP contribution in [0.25, 0.3) is 27.1 Å². The van der Waals surface area contributed by atoms with E-state index in [0.717, 1.165) is 0 Å². The molecule has 0 amide bonds. The molecule has 0 atom stereocenters. The van der Waals surface area contributed by atoms with Gasteiger partial charge in [0, 0.05) is 35.9 Å². The minimum absolute atomic E-state index is 1.24. The van der Waals surface area contributed by atoms with Crippen molar-refractivity contribution in [3.05, 3.63) is 72.6 Å². The van der Waals surface area contributed by atoms with Gasteiger partial charge in [0.1, 0.15) is 0 Å². The Morgan fingerprint density at radius 3 is 2.53 bits per heavy atom. The summed E-state index contributed by atoms with van der Waals surface area (Å²) < 4.78 is 2.25. The first kappa shape index (κ1) is 10.5. The summed E-state index contributed by atoms with van der Waals surface area (Å²) in [6.07, 6.45) is 2.23. The Kier molecular flexibility index (Phi) is 2.10. The minimum Gasteiger partial charge on any atom is -0.164 e. The molecule has 4 aromatic rings. The van der Waals surface area contributed by atoms with Gasteiger partial charge in [0.25, 0.3) is 0 Å². The summed E-state index contributed by atoms with van der Waals surface area (Å²) in [5.74, 6) is 0. The Morgan fingerprint density at radius 1 is 0.737 bits per heavy atom. The fraction of sp³-hybridized carbons (Fsp3) is 0.0556. The van der Waals surface area contributed by atoms with Gasteiger partial charge in [-0.2, -0.15) is 4.40 Å². The van der Waals surface area contributed by atoms with E-state index in [9.17, 15) is 0 Å². The molecule has 0 bridgehead atoms. The van der Waals surface area contributed by atoms with Gasteiger partial charge in [-0.1, -0.05) is 30.3 Å². The summed E-state index contributed by atoms with van der Waals surface area (Å²) in [5, 5.41) is 5.23. The molecule has 0 spiro atoms. The Morgan fingerprint density at radius 2 is 1.58 bits per heavy atom. The number of rotatable bonds is 0. The average Bonchev–Trinajstić information content (AvgIpc) is 2.46. The highest BCUT2D eigenvalue weighted by Gasteiger charge is 2.09. The zero-order valence-electron chi connectivity index (χ0n) is 10.8. The van der Waals surface area contributed by atoms with E-state index < -0.39 is 0 Å². The number of aryl methyl sites for hydroxylation is 1. The molecule has 0 aliphatic heterocycles. The molecule has 0 unspecified atom stereocenters. The van der Waals surface area contributed by atoms with Crippen LogP contribution in [0.3, 0.4) is 0 Å². The standard InChI is InChI=1S/C18H14N/c1-13-5-4-7-16-11-18-15(12-19(13)16)10-9-14-6-2-3-8-17(14)18/h2-12H,1H3/q+1. The van der Waals surface area contributed by atoms with Crippen LogP contribution in [0, 0.1) is 6.92 Å². The lowest BCUT2D eigenvalue weighted by Gasteiger charge is -2.03. The first-order chi connectivity index (χ1) is 9.33. The third kappa shape index (κ3) is 1.52. The van der Waals surface area contributed by atoms with E-state index in [1.807, 2.05) is 0 Å². The molecule has 0 aliphatic carbocycles. The van der Waals surface area contributed by atoms with E-state index >= 15 is 0 Å². The SMILES string of the molecule is Cc1cccc2cc3c(ccc4ccccc43)c[n+]12. The van der Waals surface area contributed by atoms with Crippen LogP contribution in [0.15, 0.2) is 66.9 Å². The van der Waals surface area contributed by atoms with E-state index in [1.54, 1.807) is 0 Å². The van der Waals surface area contributed by atoms with Gasteiger partial charge < -0.3 is 0 Å². The maximum atomic E-state index is 2.28. The van der Waals surface area contributed by atoms with Crippen LogP contribution in [0.5, 0.6) is 0 Å². The summed E-state index contributed by atoms with van der Waals surface area (Å²) >= 11 is 0. The summed E-state index contributed by atoms with van der Waals surface area (Å²) in [4.78, 5) is 0. The highest BCUT2D eigenvalue weighted by molar-refractivity contribution is 6.07. The largest absolute Gasteiger partial charge is 0.211 e. The van der Waals surface area contributed by atoms with Crippen molar-refractivity contribution in [3.63, 3.8) is 0 Å². The fourth-order valence-corrected chi connectivity index (χ4v) is 2.82. The molecule has 0 fully saturated rings. The molecule has 2 heterocycles. The van der Waals surface area contributed by atoms with Gasteiger partial charge in [-0.25, -0.2) is 0 Å². The van der Waals surface area contributed by atoms with Crippen molar-refractivity contribution in [3.8, 4) is 0 Å². The van der Waals surface area contributed by atoms with Crippen molar-refractivity contribution < 1.29 is 4.40 Å². The number of aromatic nitrogens is 1. The number of benzene rings is 2. The third-order valence-corrected chi connectivity index (χ3v) is 3.83. The van der Waals surface area contributed by atoms with E-state index in [1.165, 1.54) is 32.8 Å². The number of nitrogens with zero attached hydrogens (tertiary/aromatic N) is 1. The van der Waals surface area contributed by atoms with Gasteiger partial charge >= 0.3 is 0 Å². The number of hydrogen-bond acceptors (Lipinski definition) is 0. The summed E-state index contributed by atoms with van der Waals surface area (Å²) in [7, 11) is 0. The molecule has 0 radical (unpaired) electrons. The molecule has 1 nitrogen and oxygen atoms in total. The zero-order valence-corrected chi connectivity index (χ0v) is 10.8. The van der Waals surface area contributed by atoms with E-state index in [-0.39, 0.29) is 0 Å². The Balaban J connectivity index is 2.26. The van der Waals surface area contributed by atoms with Crippen LogP contribution in [-0.4, -0.2) is 0 Å². The van der Waals surface area contributed by atoms with Crippen LogP contribution >= 0.6 is 0 Å². The second kappa shape index (κ2) is 3.79. The first-order valence-electron chi connectivity index (χ1n) is 6.55. The Bertz CT molecular complexity index is 922. The second-order valence-corrected chi connectivity index (χ2v) is 5.03. The maximum Gasteiger partial charge on any atom is 0.211 e. The van der Waals surface area contributed by atoms with Crippen molar-refractivity contribution in [2.45, 2.75) is 6.92 Å². The lowest BCUT2D eigenvalue weighted by molar-refractivity contribution is -0.518. The van der Waals surface area contributed by atoms with Crippen molar-refractivity contribution in [2.75, 3.05) is 0 Å². The van der Waals surface area contributed by atoms with Crippen LogP contribution < -0.4 is 4.40 Å². The molecule has 1 heteroatoms. The predicted octanol–water partition coefficient (Wildman–Crippen LogP) is 4.04. The second-order valence-electron chi connectivity index (χ2n) is 5.03. The third-order valence-electron chi connectivity index (χ3n) is 3.83. The van der Waals surface area contributed by atoms with Crippen molar-refractivity contribution in [2.24, 2.45) is 0 Å². The molecule has 0 saturated carbocycles. The number of hydrogen-bond donors (Lipinski definition) is 0. The normalized spacial score (nSPS) is 11.4. The Labute approximate surface area is 111 Å². The van der Waals surface area contributed by atoms with Crippen molar-refractivity contribution >= 4 is 27.1 Å². The van der Waals surface area contributed by atoms with Crippen LogP contribution in [0.1, 0.15) is 5.69 Å². The molecule has 19 heavy (non-hydrogen) atoms. The summed E-state index contributed by atoms with van der Waals surface area (Å²) in [6.45, 7) is 2.14. The quantitative estimate of drug-likeness (QED) is 0.250. The van der Waals surface area contributed by atoms with Gasteiger partial charge in [-0.3, -0.25) is 0 Å². The highest BCUT2D eigenvalue weighted by Crippen LogP contribution is 2.25. The smallest absolute Gasteiger partial charge is 0.164 e. The fourth-order valence-electron chi connectivity index (χ4n) is 2.82. The maximum absolute atomic E-state index is 2.28. The lowest BCUT2D eigenvalue weighted by atomic mass is 10.0. The van der Waals surface area contributed by atoms with Gasteiger partial charge in [-0.15, -0.1) is 0 Å². The van der Waals surface area contributed by atoms with Crippen LogP contribution in [-0.2, 0) is 0 Å². The van der Waals surface area contributed by atoms with Crippen LogP contribution in [0.2, 0.25) is 0 Å². The minimum atomic E-state index is 1.24. The molecular weight excluding hydrogens is 230 g/mol. The number of pyridine rings is 2. The predicted molar refractivity (Wildman–Crippen MR) is 79.4 cm³/mol. The van der Waals surface area contributed by atoms with Gasteiger partial charge in [0.05, 0.1) is 0 Å². The molecule has 0 aliphatic rings. The molecule has 4 rings (SSSR count). The molecule has 0 N–H and O–H groups in total. The Hall–Kier alpha value is -2.41. The van der Waals surface area contributed by atoms with E-state index in [2.05, 4.69) is 78.2 Å². The highest BCUT2D eigenvalue weighted by atomic mass is 14.9. The first-order valence-corrected chi connectivity index (χ1v) is 6.55. The monoisotopic (exact) mass is 244 g/mol. The number of fused-ring (bicyclic) bond motifs is 4. The van der Waals surface area contributed by atoms with E-state index in [4.69, 9.17) is 0 Å². The lowest BCUT2D eigenvalue weighted by Crippen LogP contribution is -2.24. The topological polar surface area (TPSA) is 4.10 Å². The molecule has 90 valence electrons. The molecule has 2 aromatic carbocycles. The van der Waals surface area contributed by atoms with Crippen molar-refractivity contribution in [1.29, 1.82) is 0 Å². The molecule has 0 saturated heterocycles. The van der Waals surface area contributed by atoms with Gasteiger partial charge in [0.15, 0.2) is 11.9 Å². The summed E-state index contributed by atoms with van der Waals surface area (Å²) in [6, 6.07) is 21.7. The van der Waals surface area contributed by atoms with Crippen molar-refractivity contribution in [1.82, 2.24) is 0 Å². The van der Waals surface area contributed by atoms with E-state index in [0.29, 0.717) is 0 Å². The molecule has 2 aromatic heterocycles. The molecular formula is C18H14N+. The van der Waals surface area contributed by atoms with Gasteiger partial charge in [0.2, 0.25) is 5.52 Å². The summed E-state index contributed by atoms with van der Waals surface area (Å²) in [5.41, 5.74) is 2.50. The average molecular weight is 244 g/mol.